The second-order valence-electron chi connectivity index (χ2n) is 2.68. The fraction of sp³-hybridized carbons (Fsp3) is 0.714. The third-order valence-corrected chi connectivity index (χ3v) is 1.84. The number of rotatable bonds is 2. The highest BCUT2D eigenvalue weighted by atomic mass is 15.5. The molecule has 0 aliphatic carbocycles. The first-order valence-corrected chi connectivity index (χ1v) is 3.69. The molecule has 0 amide bonds. The zero-order valence-corrected chi connectivity index (χ0v) is 6.62. The number of hydrogen-bond donors (Lipinski definition) is 1. The molecule has 0 fully saturated rings. The van der Waals surface area contributed by atoms with Crippen LogP contribution in [0.2, 0.25) is 0 Å². The topological polar surface area (TPSA) is 32.5 Å². The Labute approximate surface area is 62.1 Å². The summed E-state index contributed by atoms with van der Waals surface area (Å²) in [6, 6.07) is 0. The molecule has 1 atom stereocenters. The average Bonchev–Trinajstić information content (AvgIpc) is 2.20. The second-order valence-corrected chi connectivity index (χ2v) is 2.68. The minimum atomic E-state index is 0.380. The molecule has 0 saturated carbocycles. The van der Waals surface area contributed by atoms with Crippen molar-refractivity contribution in [3.05, 3.63) is 12.4 Å². The van der Waals surface area contributed by atoms with E-state index in [2.05, 4.69) is 11.8 Å². The van der Waals surface area contributed by atoms with Crippen molar-refractivity contribution in [2.75, 3.05) is 7.05 Å². The molecule has 1 unspecified atom stereocenters. The van der Waals surface area contributed by atoms with Gasteiger partial charge in [-0.15, -0.1) is 0 Å². The van der Waals surface area contributed by atoms with E-state index in [0.29, 0.717) is 6.17 Å². The zero-order valence-electron chi connectivity index (χ0n) is 6.62. The molecular weight excluding hydrogens is 126 g/mol. The number of hydrogen-bond acceptors (Lipinski definition) is 3. The molecule has 0 radical (unpaired) electrons. The fourth-order valence-electron chi connectivity index (χ4n) is 1.20. The average molecular weight is 141 g/mol. The van der Waals surface area contributed by atoms with Gasteiger partial charge in [0, 0.05) is 19.4 Å². The van der Waals surface area contributed by atoms with Crippen LogP contribution in [-0.2, 0) is 0 Å². The van der Waals surface area contributed by atoms with Gasteiger partial charge in [0.1, 0.15) is 6.17 Å². The summed E-state index contributed by atoms with van der Waals surface area (Å²) in [6.07, 6.45) is 6.58. The molecule has 0 spiro atoms. The highest BCUT2D eigenvalue weighted by molar-refractivity contribution is 4.92. The van der Waals surface area contributed by atoms with Crippen LogP contribution in [0, 0.1) is 0 Å². The first-order valence-electron chi connectivity index (χ1n) is 3.69. The Morgan fingerprint density at radius 3 is 2.60 bits per heavy atom. The Morgan fingerprint density at radius 2 is 2.20 bits per heavy atom. The monoisotopic (exact) mass is 141 g/mol. The summed E-state index contributed by atoms with van der Waals surface area (Å²) in [5, 5.41) is 1.75. The van der Waals surface area contributed by atoms with E-state index in [1.54, 1.807) is 5.01 Å². The Balaban J connectivity index is 2.43. The van der Waals surface area contributed by atoms with Crippen LogP contribution in [0.3, 0.4) is 0 Å². The number of nitrogens with two attached hydrogens (primary N) is 1. The molecule has 58 valence electrons. The van der Waals surface area contributed by atoms with Crippen LogP contribution in [0.5, 0.6) is 0 Å². The molecule has 3 nitrogen and oxygen atoms in total. The maximum absolute atomic E-state index is 5.66. The maximum atomic E-state index is 5.66. The van der Waals surface area contributed by atoms with Crippen molar-refractivity contribution in [3.63, 3.8) is 0 Å². The van der Waals surface area contributed by atoms with Gasteiger partial charge in [0.2, 0.25) is 0 Å². The van der Waals surface area contributed by atoms with Gasteiger partial charge in [-0.3, -0.25) is 5.01 Å². The first-order chi connectivity index (χ1) is 4.75. The van der Waals surface area contributed by atoms with Gasteiger partial charge in [-0.05, 0) is 6.42 Å². The molecule has 0 saturated heterocycles. The molecule has 0 aromatic heterocycles. The Hall–Kier alpha value is -0.700. The van der Waals surface area contributed by atoms with E-state index in [1.165, 1.54) is 6.42 Å². The Bertz CT molecular complexity index is 121. The van der Waals surface area contributed by atoms with Gasteiger partial charge in [0.25, 0.3) is 0 Å². The predicted molar refractivity (Wildman–Crippen MR) is 41.6 cm³/mol. The molecule has 0 bridgehead atoms. The molecule has 3 heteroatoms. The minimum Gasteiger partial charge on any atom is -0.358 e. The highest BCUT2D eigenvalue weighted by Crippen LogP contribution is 2.13. The molecular formula is C7H15N3. The molecule has 10 heavy (non-hydrogen) atoms. The van der Waals surface area contributed by atoms with Crippen LogP contribution in [0.15, 0.2) is 12.4 Å². The SMILES string of the molecule is CCCC1N(C)C=CN1N. The Kier molecular flexibility index (Phi) is 2.17. The lowest BCUT2D eigenvalue weighted by atomic mass is 10.2. The van der Waals surface area contributed by atoms with Crippen molar-refractivity contribution in [1.29, 1.82) is 0 Å². The summed E-state index contributed by atoms with van der Waals surface area (Å²) in [4.78, 5) is 2.13. The van der Waals surface area contributed by atoms with Gasteiger partial charge >= 0.3 is 0 Å². The molecule has 0 aromatic rings. The van der Waals surface area contributed by atoms with E-state index >= 15 is 0 Å². The summed E-state index contributed by atoms with van der Waals surface area (Å²) in [5.74, 6) is 5.66. The van der Waals surface area contributed by atoms with Crippen LogP contribution >= 0.6 is 0 Å². The normalized spacial score (nSPS) is 24.5. The van der Waals surface area contributed by atoms with Gasteiger partial charge in [-0.25, -0.2) is 5.84 Å². The smallest absolute Gasteiger partial charge is 0.115 e. The summed E-state index contributed by atoms with van der Waals surface area (Å²) in [5.41, 5.74) is 0. The van der Waals surface area contributed by atoms with E-state index in [4.69, 9.17) is 5.84 Å². The van der Waals surface area contributed by atoms with Crippen molar-refractivity contribution in [2.45, 2.75) is 25.9 Å². The van der Waals surface area contributed by atoms with Crippen molar-refractivity contribution >= 4 is 0 Å². The van der Waals surface area contributed by atoms with Gasteiger partial charge < -0.3 is 4.90 Å². The van der Waals surface area contributed by atoms with Crippen LogP contribution in [0.4, 0.5) is 0 Å². The Morgan fingerprint density at radius 1 is 1.50 bits per heavy atom. The molecule has 1 rings (SSSR count). The largest absolute Gasteiger partial charge is 0.358 e. The van der Waals surface area contributed by atoms with Crippen molar-refractivity contribution in [3.8, 4) is 0 Å². The molecule has 2 N–H and O–H groups in total. The van der Waals surface area contributed by atoms with Crippen LogP contribution < -0.4 is 5.84 Å². The van der Waals surface area contributed by atoms with Crippen LogP contribution in [-0.4, -0.2) is 23.1 Å². The van der Waals surface area contributed by atoms with E-state index in [9.17, 15) is 0 Å². The predicted octanol–water partition coefficient (Wildman–Crippen LogP) is 0.705. The highest BCUT2D eigenvalue weighted by Gasteiger charge is 2.18. The van der Waals surface area contributed by atoms with Gasteiger partial charge in [-0.1, -0.05) is 13.3 Å². The van der Waals surface area contributed by atoms with Gasteiger partial charge in [-0.2, -0.15) is 0 Å². The van der Waals surface area contributed by atoms with Crippen molar-refractivity contribution in [1.82, 2.24) is 9.91 Å². The summed E-state index contributed by atoms with van der Waals surface area (Å²) in [6.45, 7) is 2.17. The lowest BCUT2D eigenvalue weighted by Crippen LogP contribution is -2.40. The van der Waals surface area contributed by atoms with E-state index in [-0.39, 0.29) is 0 Å². The molecule has 0 aromatic carbocycles. The second kappa shape index (κ2) is 2.92. The standard InChI is InChI=1S/C7H15N3/c1-3-4-7-9(2)5-6-10(7)8/h5-7H,3-4,8H2,1-2H3. The maximum Gasteiger partial charge on any atom is 0.115 e. The fourth-order valence-corrected chi connectivity index (χ4v) is 1.20. The van der Waals surface area contributed by atoms with Crippen LogP contribution in [0.25, 0.3) is 0 Å². The van der Waals surface area contributed by atoms with E-state index in [1.807, 2.05) is 19.4 Å². The number of nitrogens with zero attached hydrogens (tertiary/aromatic N) is 2. The zero-order chi connectivity index (χ0) is 7.56. The van der Waals surface area contributed by atoms with E-state index < -0.39 is 0 Å². The van der Waals surface area contributed by atoms with Gasteiger partial charge in [0.05, 0.1) is 0 Å². The third-order valence-electron chi connectivity index (χ3n) is 1.84. The van der Waals surface area contributed by atoms with Crippen molar-refractivity contribution in [2.24, 2.45) is 5.84 Å². The van der Waals surface area contributed by atoms with Crippen molar-refractivity contribution < 1.29 is 0 Å². The number of hydrazine groups is 1. The third kappa shape index (κ3) is 1.24. The molecule has 1 aliphatic rings. The summed E-state index contributed by atoms with van der Waals surface area (Å²) >= 11 is 0. The lowest BCUT2D eigenvalue weighted by Gasteiger charge is -2.26. The summed E-state index contributed by atoms with van der Waals surface area (Å²) < 4.78 is 0. The first kappa shape index (κ1) is 7.41. The molecule has 1 heterocycles. The van der Waals surface area contributed by atoms with Gasteiger partial charge in [0.15, 0.2) is 0 Å². The van der Waals surface area contributed by atoms with Crippen LogP contribution in [0.1, 0.15) is 19.8 Å². The minimum absolute atomic E-state index is 0.380. The summed E-state index contributed by atoms with van der Waals surface area (Å²) in [7, 11) is 2.05. The molecule has 1 aliphatic heterocycles. The lowest BCUT2D eigenvalue weighted by molar-refractivity contribution is 0.166. The van der Waals surface area contributed by atoms with E-state index in [0.717, 1.165) is 6.42 Å². The quantitative estimate of drug-likeness (QED) is 0.575.